The first-order valence-corrected chi connectivity index (χ1v) is 7.01. The molecule has 1 spiro atoms. The first-order valence-electron chi connectivity index (χ1n) is 7.01. The first-order chi connectivity index (χ1) is 7.78. The number of unbranched alkanes of at least 4 members (excludes halogenated alkanes) is 3. The van der Waals surface area contributed by atoms with Crippen molar-refractivity contribution in [2.24, 2.45) is 5.92 Å². The van der Waals surface area contributed by atoms with Gasteiger partial charge in [-0.15, -0.1) is 0 Å². The molecule has 0 aromatic heterocycles. The van der Waals surface area contributed by atoms with Crippen molar-refractivity contribution >= 4 is 5.97 Å². The molecule has 0 amide bonds. The van der Waals surface area contributed by atoms with Gasteiger partial charge in [0.05, 0.1) is 5.92 Å². The third kappa shape index (κ3) is 2.26. The lowest BCUT2D eigenvalue weighted by atomic mass is 9.70. The van der Waals surface area contributed by atoms with Crippen LogP contribution in [0.15, 0.2) is 0 Å². The van der Waals surface area contributed by atoms with Gasteiger partial charge in [-0.1, -0.05) is 39.0 Å². The minimum atomic E-state index is -0.0124. The summed E-state index contributed by atoms with van der Waals surface area (Å²) in [4.78, 5) is 11.5. The molecule has 0 aromatic carbocycles. The number of hydrogen-bond donors (Lipinski definition) is 0. The molecule has 0 radical (unpaired) electrons. The molecule has 2 fully saturated rings. The summed E-state index contributed by atoms with van der Waals surface area (Å²) < 4.78 is 5.50. The van der Waals surface area contributed by atoms with Crippen molar-refractivity contribution in [3.05, 3.63) is 0 Å². The Kier molecular flexibility index (Phi) is 3.88. The van der Waals surface area contributed by atoms with Crippen molar-refractivity contribution in [2.75, 3.05) is 0 Å². The number of hydrogen-bond acceptors (Lipinski definition) is 2. The molecule has 1 saturated carbocycles. The normalized spacial score (nSPS) is 27.6. The predicted octanol–water partition coefficient (Wildman–Crippen LogP) is 3.83. The van der Waals surface area contributed by atoms with Crippen molar-refractivity contribution in [2.45, 2.75) is 76.7 Å². The molecule has 16 heavy (non-hydrogen) atoms. The second-order valence-electron chi connectivity index (χ2n) is 5.45. The van der Waals surface area contributed by atoms with Gasteiger partial charge in [0.25, 0.3) is 0 Å². The maximum atomic E-state index is 11.5. The molecule has 0 aromatic rings. The molecule has 1 saturated heterocycles. The van der Waals surface area contributed by atoms with E-state index >= 15 is 0 Å². The Morgan fingerprint density at radius 2 is 1.94 bits per heavy atom. The van der Waals surface area contributed by atoms with Crippen LogP contribution in [0.5, 0.6) is 0 Å². The highest BCUT2D eigenvalue weighted by Gasteiger charge is 2.55. The third-order valence-corrected chi connectivity index (χ3v) is 4.27. The Morgan fingerprint density at radius 3 is 2.56 bits per heavy atom. The average molecular weight is 224 g/mol. The summed E-state index contributed by atoms with van der Waals surface area (Å²) in [5.41, 5.74) is -0.0124. The van der Waals surface area contributed by atoms with Gasteiger partial charge >= 0.3 is 5.97 Å². The van der Waals surface area contributed by atoms with Crippen LogP contribution in [-0.2, 0) is 9.53 Å². The van der Waals surface area contributed by atoms with Gasteiger partial charge in [0.1, 0.15) is 5.60 Å². The number of carbonyl (C=O) groups excluding carboxylic acids is 1. The van der Waals surface area contributed by atoms with Gasteiger partial charge in [0, 0.05) is 0 Å². The molecule has 2 aliphatic rings. The molecular formula is C14H24O2. The Morgan fingerprint density at radius 1 is 1.19 bits per heavy atom. The fraction of sp³-hybridized carbons (Fsp3) is 0.929. The molecule has 0 bridgehead atoms. The van der Waals surface area contributed by atoms with E-state index < -0.39 is 0 Å². The summed E-state index contributed by atoms with van der Waals surface area (Å²) >= 11 is 0. The molecule has 92 valence electrons. The SMILES string of the molecule is CCCCCCC1C(=O)OC12CCCCC2. The van der Waals surface area contributed by atoms with Crippen molar-refractivity contribution in [3.8, 4) is 0 Å². The number of ether oxygens (including phenoxy) is 1. The highest BCUT2D eigenvalue weighted by molar-refractivity contribution is 5.80. The van der Waals surface area contributed by atoms with Gasteiger partial charge in [-0.2, -0.15) is 0 Å². The van der Waals surface area contributed by atoms with E-state index in [1.54, 1.807) is 0 Å². The van der Waals surface area contributed by atoms with Crippen LogP contribution in [-0.4, -0.2) is 11.6 Å². The summed E-state index contributed by atoms with van der Waals surface area (Å²) in [6.45, 7) is 2.22. The number of carbonyl (C=O) groups is 1. The number of rotatable bonds is 5. The largest absolute Gasteiger partial charge is 0.458 e. The zero-order valence-corrected chi connectivity index (χ0v) is 10.5. The van der Waals surface area contributed by atoms with Crippen molar-refractivity contribution in [1.29, 1.82) is 0 Å². The lowest BCUT2D eigenvalue weighted by Gasteiger charge is -2.50. The van der Waals surface area contributed by atoms with Crippen LogP contribution in [0.4, 0.5) is 0 Å². The second-order valence-corrected chi connectivity index (χ2v) is 5.45. The number of esters is 1. The zero-order valence-electron chi connectivity index (χ0n) is 10.5. The fourth-order valence-electron chi connectivity index (χ4n) is 3.26. The van der Waals surface area contributed by atoms with E-state index in [1.165, 1.54) is 44.9 Å². The smallest absolute Gasteiger partial charge is 0.313 e. The van der Waals surface area contributed by atoms with Crippen LogP contribution in [0.3, 0.4) is 0 Å². The van der Waals surface area contributed by atoms with E-state index in [2.05, 4.69) is 6.92 Å². The Labute approximate surface area is 98.7 Å². The van der Waals surface area contributed by atoms with Crippen LogP contribution in [0.1, 0.15) is 71.1 Å². The van der Waals surface area contributed by atoms with Crippen LogP contribution in [0, 0.1) is 5.92 Å². The molecule has 2 rings (SSSR count). The van der Waals surface area contributed by atoms with Crippen molar-refractivity contribution in [3.63, 3.8) is 0 Å². The summed E-state index contributed by atoms with van der Waals surface area (Å²) in [6, 6.07) is 0. The van der Waals surface area contributed by atoms with Gasteiger partial charge in [-0.25, -0.2) is 0 Å². The monoisotopic (exact) mass is 224 g/mol. The molecule has 1 atom stereocenters. The van der Waals surface area contributed by atoms with Crippen LogP contribution < -0.4 is 0 Å². The molecule has 2 heteroatoms. The Balaban J connectivity index is 1.79. The lowest BCUT2D eigenvalue weighted by molar-refractivity contribution is -0.221. The highest BCUT2D eigenvalue weighted by Crippen LogP contribution is 2.47. The minimum Gasteiger partial charge on any atom is -0.458 e. The second kappa shape index (κ2) is 5.20. The highest BCUT2D eigenvalue weighted by atomic mass is 16.6. The van der Waals surface area contributed by atoms with Crippen molar-refractivity contribution < 1.29 is 9.53 Å². The van der Waals surface area contributed by atoms with Crippen molar-refractivity contribution in [1.82, 2.24) is 0 Å². The molecule has 1 aliphatic heterocycles. The quantitative estimate of drug-likeness (QED) is 0.524. The molecule has 1 unspecified atom stereocenters. The van der Waals surface area contributed by atoms with Gasteiger partial charge in [-0.05, 0) is 32.1 Å². The summed E-state index contributed by atoms with van der Waals surface area (Å²) in [5, 5.41) is 0. The predicted molar refractivity (Wildman–Crippen MR) is 64.2 cm³/mol. The van der Waals surface area contributed by atoms with E-state index in [9.17, 15) is 4.79 Å². The fourth-order valence-corrected chi connectivity index (χ4v) is 3.26. The van der Waals surface area contributed by atoms with E-state index in [0.29, 0.717) is 0 Å². The summed E-state index contributed by atoms with van der Waals surface area (Å²) in [6.07, 6.45) is 12.2. The van der Waals surface area contributed by atoms with Gasteiger partial charge in [-0.3, -0.25) is 4.79 Å². The van der Waals surface area contributed by atoms with Gasteiger partial charge in [0.15, 0.2) is 0 Å². The summed E-state index contributed by atoms with van der Waals surface area (Å²) in [5.74, 6) is 0.322. The first kappa shape index (κ1) is 11.9. The van der Waals surface area contributed by atoms with E-state index in [-0.39, 0.29) is 17.5 Å². The molecule has 1 aliphatic carbocycles. The Hall–Kier alpha value is -0.530. The van der Waals surface area contributed by atoms with E-state index in [4.69, 9.17) is 4.74 Å². The maximum Gasteiger partial charge on any atom is 0.313 e. The van der Waals surface area contributed by atoms with Crippen LogP contribution >= 0.6 is 0 Å². The molecule has 2 nitrogen and oxygen atoms in total. The standard InChI is InChI=1S/C14H24O2/c1-2-3-4-6-9-12-13(15)16-14(12)10-7-5-8-11-14/h12H,2-11H2,1H3. The average Bonchev–Trinajstić information content (AvgIpc) is 2.30. The van der Waals surface area contributed by atoms with Gasteiger partial charge in [0.2, 0.25) is 0 Å². The van der Waals surface area contributed by atoms with Crippen LogP contribution in [0.25, 0.3) is 0 Å². The zero-order chi connectivity index (χ0) is 11.4. The maximum absolute atomic E-state index is 11.5. The van der Waals surface area contributed by atoms with E-state index in [0.717, 1.165) is 19.3 Å². The molecule has 0 N–H and O–H groups in total. The third-order valence-electron chi connectivity index (χ3n) is 4.27. The van der Waals surface area contributed by atoms with E-state index in [1.807, 2.05) is 0 Å². The van der Waals surface area contributed by atoms with Gasteiger partial charge < -0.3 is 4.74 Å². The molecular weight excluding hydrogens is 200 g/mol. The van der Waals surface area contributed by atoms with Crippen LogP contribution in [0.2, 0.25) is 0 Å². The Bertz CT molecular complexity index is 241. The minimum absolute atomic E-state index is 0.0124. The molecule has 1 heterocycles. The summed E-state index contributed by atoms with van der Waals surface area (Å²) in [7, 11) is 0. The lowest BCUT2D eigenvalue weighted by Crippen LogP contribution is -2.58. The topological polar surface area (TPSA) is 26.3 Å².